The molecular formula is C29H38F9NO3. The molecule has 240 valence electrons. The van der Waals surface area contributed by atoms with E-state index in [1.165, 1.54) is 11.1 Å². The van der Waals surface area contributed by atoms with Gasteiger partial charge in [0.15, 0.2) is 0 Å². The lowest BCUT2D eigenvalue weighted by Gasteiger charge is -2.50. The SMILES string of the molecule is CN(C)CCOc1ccc2c(c1)CCC1C2CCC2(C)C(OCCCOC(C(F)(F)F)(C(F)(F)F)C(F)(F)F)CCC12. The molecule has 2 fully saturated rings. The zero-order chi connectivity index (χ0) is 31.1. The standard InChI is InChI=1S/C29H38F9NO3/c1-25-12-11-21-20-8-6-19(40-16-13-39(2)3)17-18(20)5-7-22(21)23(25)9-10-24(25)41-14-4-15-42-26(27(30,31)32,28(33,34)35)29(36,37)38/h6,8,17,21-24H,4-5,7,9-16H2,1-3H3. The Morgan fingerprint density at radius 3 is 2.14 bits per heavy atom. The lowest BCUT2D eigenvalue weighted by molar-refractivity contribution is -0.457. The number of hydrogen-bond acceptors (Lipinski definition) is 4. The Labute approximate surface area is 239 Å². The van der Waals surface area contributed by atoms with Crippen LogP contribution in [0.1, 0.15) is 62.5 Å². The fraction of sp³-hybridized carbons (Fsp3) is 0.793. The van der Waals surface area contributed by atoms with E-state index in [1.54, 1.807) is 0 Å². The van der Waals surface area contributed by atoms with Gasteiger partial charge in [-0.05, 0) is 105 Å². The minimum absolute atomic E-state index is 0.234. The van der Waals surface area contributed by atoms with Crippen molar-refractivity contribution >= 4 is 0 Å². The molecule has 3 aliphatic rings. The Bertz CT molecular complexity index is 1040. The minimum atomic E-state index is -6.73. The summed E-state index contributed by atoms with van der Waals surface area (Å²) in [7, 11) is 3.97. The Morgan fingerprint density at radius 1 is 0.857 bits per heavy atom. The number of hydrogen-bond donors (Lipinski definition) is 0. The van der Waals surface area contributed by atoms with Gasteiger partial charge in [-0.3, -0.25) is 0 Å². The molecule has 3 aliphatic carbocycles. The molecule has 0 saturated heterocycles. The number of halogens is 9. The van der Waals surface area contributed by atoms with Crippen molar-refractivity contribution in [1.82, 2.24) is 4.90 Å². The first-order valence-electron chi connectivity index (χ1n) is 14.3. The van der Waals surface area contributed by atoms with E-state index in [-0.39, 0.29) is 18.1 Å². The van der Waals surface area contributed by atoms with Crippen LogP contribution in [-0.2, 0) is 15.9 Å². The first-order valence-corrected chi connectivity index (χ1v) is 14.3. The summed E-state index contributed by atoms with van der Waals surface area (Å²) >= 11 is 0. The van der Waals surface area contributed by atoms with E-state index >= 15 is 0 Å². The first kappa shape index (κ1) is 33.2. The topological polar surface area (TPSA) is 30.9 Å². The van der Waals surface area contributed by atoms with Crippen molar-refractivity contribution in [2.45, 2.75) is 88.0 Å². The molecule has 0 heterocycles. The Hall–Kier alpha value is -1.73. The number of likely N-dealkylation sites (N-methyl/N-ethyl adjacent to an activating group) is 1. The third-order valence-electron chi connectivity index (χ3n) is 9.54. The molecule has 42 heavy (non-hydrogen) atoms. The van der Waals surface area contributed by atoms with Crippen LogP contribution in [-0.4, -0.2) is 75.6 Å². The van der Waals surface area contributed by atoms with Crippen molar-refractivity contribution in [2.24, 2.45) is 17.3 Å². The molecule has 0 radical (unpaired) electrons. The molecule has 0 aromatic heterocycles. The Balaban J connectivity index is 1.34. The van der Waals surface area contributed by atoms with Gasteiger partial charge in [0.2, 0.25) is 0 Å². The van der Waals surface area contributed by atoms with Crippen LogP contribution in [0, 0.1) is 17.3 Å². The van der Waals surface area contributed by atoms with E-state index in [1.807, 2.05) is 20.2 Å². The average molecular weight is 620 g/mol. The van der Waals surface area contributed by atoms with Crippen LogP contribution in [0.5, 0.6) is 5.75 Å². The van der Waals surface area contributed by atoms with Crippen LogP contribution in [0.25, 0.3) is 0 Å². The monoisotopic (exact) mass is 619 g/mol. The average Bonchev–Trinajstić information content (AvgIpc) is 3.19. The molecule has 0 aliphatic heterocycles. The predicted molar refractivity (Wildman–Crippen MR) is 136 cm³/mol. The van der Waals surface area contributed by atoms with Crippen LogP contribution in [0.2, 0.25) is 0 Å². The molecule has 0 N–H and O–H groups in total. The number of alkyl halides is 9. The zero-order valence-electron chi connectivity index (χ0n) is 23.9. The lowest BCUT2D eigenvalue weighted by Crippen LogP contribution is -2.67. The van der Waals surface area contributed by atoms with Gasteiger partial charge in [-0.25, -0.2) is 0 Å². The van der Waals surface area contributed by atoms with Crippen molar-refractivity contribution in [2.75, 3.05) is 40.5 Å². The van der Waals surface area contributed by atoms with E-state index in [0.29, 0.717) is 30.8 Å². The molecule has 13 heteroatoms. The van der Waals surface area contributed by atoms with E-state index in [0.717, 1.165) is 44.4 Å². The maximum absolute atomic E-state index is 13.1. The van der Waals surface area contributed by atoms with Gasteiger partial charge < -0.3 is 19.1 Å². The highest BCUT2D eigenvalue weighted by molar-refractivity contribution is 5.40. The second-order valence-corrected chi connectivity index (χ2v) is 12.3. The molecule has 0 spiro atoms. The summed E-state index contributed by atoms with van der Waals surface area (Å²) in [5.41, 5.74) is -3.85. The molecule has 4 nitrogen and oxygen atoms in total. The summed E-state index contributed by atoms with van der Waals surface area (Å²) in [6.45, 7) is 1.81. The predicted octanol–water partition coefficient (Wildman–Crippen LogP) is 7.70. The second kappa shape index (κ2) is 12.0. The summed E-state index contributed by atoms with van der Waals surface area (Å²) in [5, 5.41) is 0. The quantitative estimate of drug-likeness (QED) is 0.199. The summed E-state index contributed by atoms with van der Waals surface area (Å²) < 4.78 is 133. The molecular weight excluding hydrogens is 581 g/mol. The van der Waals surface area contributed by atoms with Crippen LogP contribution in [0.4, 0.5) is 39.5 Å². The van der Waals surface area contributed by atoms with Gasteiger partial charge in [0.25, 0.3) is 0 Å². The third kappa shape index (κ3) is 6.11. The van der Waals surface area contributed by atoms with Crippen LogP contribution >= 0.6 is 0 Å². The van der Waals surface area contributed by atoms with Gasteiger partial charge in [0.1, 0.15) is 12.4 Å². The smallest absolute Gasteiger partial charge is 0.435 e. The van der Waals surface area contributed by atoms with E-state index in [9.17, 15) is 39.5 Å². The van der Waals surface area contributed by atoms with E-state index in [4.69, 9.17) is 9.47 Å². The highest BCUT2D eigenvalue weighted by Crippen LogP contribution is 2.62. The van der Waals surface area contributed by atoms with Crippen molar-refractivity contribution < 1.29 is 53.7 Å². The highest BCUT2D eigenvalue weighted by atomic mass is 19.4. The third-order valence-corrected chi connectivity index (χ3v) is 9.54. The van der Waals surface area contributed by atoms with Crippen molar-refractivity contribution in [3.63, 3.8) is 0 Å². The maximum atomic E-state index is 13.1. The Morgan fingerprint density at radius 2 is 1.52 bits per heavy atom. The van der Waals surface area contributed by atoms with Gasteiger partial charge >= 0.3 is 24.1 Å². The van der Waals surface area contributed by atoms with Gasteiger partial charge in [-0.15, -0.1) is 0 Å². The molecule has 1 aromatic carbocycles. The summed E-state index contributed by atoms with van der Waals surface area (Å²) in [5.74, 6) is 1.98. The van der Waals surface area contributed by atoms with Crippen molar-refractivity contribution in [3.8, 4) is 5.75 Å². The largest absolute Gasteiger partial charge is 0.492 e. The fourth-order valence-corrected chi connectivity index (χ4v) is 7.46. The molecule has 4 rings (SSSR count). The fourth-order valence-electron chi connectivity index (χ4n) is 7.46. The van der Waals surface area contributed by atoms with Gasteiger partial charge in [-0.2, -0.15) is 39.5 Å². The number of rotatable bonds is 10. The molecule has 5 unspecified atom stereocenters. The van der Waals surface area contributed by atoms with Crippen molar-refractivity contribution in [1.29, 1.82) is 0 Å². The maximum Gasteiger partial charge on any atom is 0.435 e. The lowest BCUT2D eigenvalue weighted by atomic mass is 9.55. The minimum Gasteiger partial charge on any atom is -0.492 e. The number of aryl methyl sites for hydroxylation is 1. The zero-order valence-corrected chi connectivity index (χ0v) is 23.9. The van der Waals surface area contributed by atoms with Gasteiger partial charge in [0, 0.05) is 13.2 Å². The summed E-state index contributed by atoms with van der Waals surface area (Å²) in [6, 6.07) is 6.30. The Kier molecular flexibility index (Phi) is 9.47. The van der Waals surface area contributed by atoms with Crippen LogP contribution in [0.3, 0.4) is 0 Å². The molecule has 0 bridgehead atoms. The van der Waals surface area contributed by atoms with E-state index in [2.05, 4.69) is 28.7 Å². The van der Waals surface area contributed by atoms with Gasteiger partial charge in [-0.1, -0.05) is 13.0 Å². The summed E-state index contributed by atoms with van der Waals surface area (Å²) in [4.78, 5) is 2.05. The number of benzene rings is 1. The normalized spacial score (nSPS) is 28.4. The van der Waals surface area contributed by atoms with Crippen LogP contribution in [0.15, 0.2) is 18.2 Å². The number of fused-ring (bicyclic) bond motifs is 5. The van der Waals surface area contributed by atoms with Crippen molar-refractivity contribution in [3.05, 3.63) is 29.3 Å². The molecule has 2 saturated carbocycles. The second-order valence-electron chi connectivity index (χ2n) is 12.3. The highest BCUT2D eigenvalue weighted by Gasteiger charge is 2.85. The molecule has 1 aromatic rings. The van der Waals surface area contributed by atoms with Gasteiger partial charge in [0.05, 0.1) is 12.7 Å². The summed E-state index contributed by atoms with van der Waals surface area (Å²) in [6.07, 6.45) is -15.8. The first-order chi connectivity index (χ1) is 19.4. The van der Waals surface area contributed by atoms with E-state index < -0.39 is 37.2 Å². The molecule has 0 amide bonds. The van der Waals surface area contributed by atoms with Crippen LogP contribution < -0.4 is 4.74 Å². The molecule has 5 atom stereocenters. The number of ether oxygens (including phenoxy) is 3. The number of nitrogens with zero attached hydrogens (tertiary/aromatic N) is 1.